The van der Waals surface area contributed by atoms with E-state index >= 15 is 0 Å². The van der Waals surface area contributed by atoms with Crippen LogP contribution in [0.2, 0.25) is 0 Å². The van der Waals surface area contributed by atoms with Crippen LogP contribution >= 0.6 is 12.2 Å². The lowest BCUT2D eigenvalue weighted by Gasteiger charge is -2.23. The quantitative estimate of drug-likeness (QED) is 0.336. The topological polar surface area (TPSA) is 63.5 Å². The van der Waals surface area contributed by atoms with Crippen molar-refractivity contribution in [2.75, 3.05) is 7.11 Å². The van der Waals surface area contributed by atoms with Gasteiger partial charge in [-0.1, -0.05) is 37.5 Å². The predicted molar refractivity (Wildman–Crippen MR) is 129 cm³/mol. The lowest BCUT2D eigenvalue weighted by molar-refractivity contribution is 0.412. The summed E-state index contributed by atoms with van der Waals surface area (Å²) in [5, 5.41) is 13.1. The molecule has 0 saturated heterocycles. The van der Waals surface area contributed by atoms with Crippen LogP contribution in [-0.4, -0.2) is 34.3 Å². The van der Waals surface area contributed by atoms with Crippen LogP contribution in [0.5, 0.6) is 5.75 Å². The van der Waals surface area contributed by atoms with Gasteiger partial charge in [-0.2, -0.15) is 10.2 Å². The van der Waals surface area contributed by atoms with E-state index in [1.807, 2.05) is 65.5 Å². The predicted octanol–water partition coefficient (Wildman–Crippen LogP) is 4.68. The van der Waals surface area contributed by atoms with Gasteiger partial charge in [0.25, 0.3) is 0 Å². The van der Waals surface area contributed by atoms with E-state index in [1.165, 1.54) is 19.3 Å². The molecule has 2 N–H and O–H groups in total. The van der Waals surface area contributed by atoms with E-state index in [0.29, 0.717) is 11.2 Å². The molecule has 1 aliphatic rings. The Morgan fingerprint density at radius 3 is 2.55 bits per heavy atom. The third-order valence-corrected chi connectivity index (χ3v) is 5.65. The summed E-state index contributed by atoms with van der Waals surface area (Å²) in [4.78, 5) is 0. The number of hydrogen-bond donors (Lipinski definition) is 2. The molecule has 1 saturated carbocycles. The number of hydrazone groups is 1. The third-order valence-electron chi connectivity index (χ3n) is 5.44. The number of rotatable bonds is 6. The number of nitrogens with one attached hydrogen (secondary N) is 2. The van der Waals surface area contributed by atoms with Crippen LogP contribution in [0, 0.1) is 0 Å². The van der Waals surface area contributed by atoms with Crippen molar-refractivity contribution in [1.29, 1.82) is 0 Å². The average molecular weight is 434 g/mol. The molecule has 31 heavy (non-hydrogen) atoms. The fourth-order valence-electron chi connectivity index (χ4n) is 3.79. The Labute approximate surface area is 188 Å². The van der Waals surface area contributed by atoms with Gasteiger partial charge in [-0.3, -0.25) is 5.43 Å². The standard InChI is InChI=1S/C24H27N5OS/c1-30-22-14-12-18(13-15-22)23-19(17-29(28-23)21-10-6-3-7-11-21)16-25-27-24(31)26-20-8-4-2-5-9-20/h3,6-7,10-17,20H,2,4-5,8-9H2,1H3,(H2,26,27,31). The minimum atomic E-state index is 0.444. The highest BCUT2D eigenvalue weighted by Crippen LogP contribution is 2.25. The van der Waals surface area contributed by atoms with Crippen LogP contribution in [-0.2, 0) is 0 Å². The highest BCUT2D eigenvalue weighted by Gasteiger charge is 2.14. The monoisotopic (exact) mass is 433 g/mol. The van der Waals surface area contributed by atoms with Crippen molar-refractivity contribution < 1.29 is 4.74 Å². The molecule has 3 aromatic rings. The Balaban J connectivity index is 1.53. The highest BCUT2D eigenvalue weighted by molar-refractivity contribution is 7.80. The smallest absolute Gasteiger partial charge is 0.187 e. The normalized spacial score (nSPS) is 14.5. The molecule has 0 amide bonds. The van der Waals surface area contributed by atoms with Crippen LogP contribution < -0.4 is 15.5 Å². The molecule has 160 valence electrons. The maximum absolute atomic E-state index is 5.42. The molecule has 1 heterocycles. The number of para-hydroxylation sites is 1. The summed E-state index contributed by atoms with van der Waals surface area (Å²) in [5.41, 5.74) is 6.66. The number of methoxy groups -OCH3 is 1. The van der Waals surface area contributed by atoms with Gasteiger partial charge in [0, 0.05) is 23.4 Å². The van der Waals surface area contributed by atoms with Crippen molar-refractivity contribution in [2.24, 2.45) is 5.10 Å². The Morgan fingerprint density at radius 1 is 1.10 bits per heavy atom. The van der Waals surface area contributed by atoms with Gasteiger partial charge in [0.15, 0.2) is 5.11 Å². The molecular formula is C24H27N5OS. The van der Waals surface area contributed by atoms with Gasteiger partial charge in [-0.25, -0.2) is 4.68 Å². The molecule has 1 fully saturated rings. The molecule has 0 spiro atoms. The van der Waals surface area contributed by atoms with E-state index in [4.69, 9.17) is 22.1 Å². The first-order valence-electron chi connectivity index (χ1n) is 10.6. The molecule has 0 atom stereocenters. The van der Waals surface area contributed by atoms with Crippen molar-refractivity contribution >= 4 is 23.5 Å². The minimum absolute atomic E-state index is 0.444. The van der Waals surface area contributed by atoms with Crippen molar-refractivity contribution in [3.05, 3.63) is 66.4 Å². The largest absolute Gasteiger partial charge is 0.497 e. The molecule has 0 bridgehead atoms. The molecule has 6 nitrogen and oxygen atoms in total. The zero-order valence-corrected chi connectivity index (χ0v) is 18.4. The van der Waals surface area contributed by atoms with E-state index in [-0.39, 0.29) is 0 Å². The molecular weight excluding hydrogens is 406 g/mol. The third kappa shape index (κ3) is 5.49. The number of thiocarbonyl (C=S) groups is 1. The lowest BCUT2D eigenvalue weighted by Crippen LogP contribution is -2.40. The van der Waals surface area contributed by atoms with Crippen molar-refractivity contribution in [2.45, 2.75) is 38.1 Å². The van der Waals surface area contributed by atoms with Crippen LogP contribution in [0.3, 0.4) is 0 Å². The van der Waals surface area contributed by atoms with E-state index in [0.717, 1.165) is 41.1 Å². The van der Waals surface area contributed by atoms with E-state index < -0.39 is 0 Å². The highest BCUT2D eigenvalue weighted by atomic mass is 32.1. The summed E-state index contributed by atoms with van der Waals surface area (Å²) in [6.07, 6.45) is 9.89. The van der Waals surface area contributed by atoms with Gasteiger partial charge in [0.2, 0.25) is 0 Å². The first kappa shape index (κ1) is 21.1. The summed E-state index contributed by atoms with van der Waals surface area (Å²) in [7, 11) is 1.66. The number of aromatic nitrogens is 2. The molecule has 1 aliphatic carbocycles. The van der Waals surface area contributed by atoms with Crippen molar-refractivity contribution in [3.8, 4) is 22.7 Å². The van der Waals surface area contributed by atoms with Crippen molar-refractivity contribution in [1.82, 2.24) is 20.5 Å². The van der Waals surface area contributed by atoms with Crippen molar-refractivity contribution in [3.63, 3.8) is 0 Å². The van der Waals surface area contributed by atoms with Gasteiger partial charge in [-0.15, -0.1) is 0 Å². The fraction of sp³-hybridized carbons (Fsp3) is 0.292. The summed E-state index contributed by atoms with van der Waals surface area (Å²) >= 11 is 5.42. The van der Waals surface area contributed by atoms with Gasteiger partial charge >= 0.3 is 0 Å². The molecule has 0 aliphatic heterocycles. The van der Waals surface area contributed by atoms with Gasteiger partial charge in [0.05, 0.1) is 19.0 Å². The number of nitrogens with zero attached hydrogens (tertiary/aromatic N) is 3. The Kier molecular flexibility index (Phi) is 6.94. The lowest BCUT2D eigenvalue weighted by atomic mass is 9.96. The molecule has 1 aromatic heterocycles. The molecule has 0 unspecified atom stereocenters. The first-order chi connectivity index (χ1) is 15.2. The first-order valence-corrected chi connectivity index (χ1v) is 11.0. The maximum Gasteiger partial charge on any atom is 0.187 e. The second-order valence-electron chi connectivity index (χ2n) is 7.62. The Hall–Kier alpha value is -3.19. The van der Waals surface area contributed by atoms with Gasteiger partial charge in [-0.05, 0) is 61.5 Å². The average Bonchev–Trinajstić information content (AvgIpc) is 3.24. The summed E-state index contributed by atoms with van der Waals surface area (Å²) in [5.74, 6) is 0.808. The molecule has 4 rings (SSSR count). The van der Waals surface area contributed by atoms with Gasteiger partial charge < -0.3 is 10.1 Å². The van der Waals surface area contributed by atoms with E-state index in [9.17, 15) is 0 Å². The molecule has 7 heteroatoms. The van der Waals surface area contributed by atoms with Crippen LogP contribution in [0.1, 0.15) is 37.7 Å². The fourth-order valence-corrected chi connectivity index (χ4v) is 4.01. The zero-order valence-electron chi connectivity index (χ0n) is 17.6. The molecule has 2 aromatic carbocycles. The summed E-state index contributed by atoms with van der Waals surface area (Å²) < 4.78 is 7.14. The maximum atomic E-state index is 5.42. The van der Waals surface area contributed by atoms with Crippen LogP contribution in [0.15, 0.2) is 65.9 Å². The molecule has 0 radical (unpaired) electrons. The number of hydrogen-bond acceptors (Lipinski definition) is 4. The Bertz CT molecular complexity index is 1020. The SMILES string of the molecule is COc1ccc(-c2nn(-c3ccccc3)cc2C=NNC(=S)NC2CCCCC2)cc1. The Morgan fingerprint density at radius 2 is 1.84 bits per heavy atom. The zero-order chi connectivity index (χ0) is 21.5. The summed E-state index contributed by atoms with van der Waals surface area (Å²) in [6, 6.07) is 18.3. The van der Waals surface area contributed by atoms with Crippen LogP contribution in [0.25, 0.3) is 16.9 Å². The van der Waals surface area contributed by atoms with Crippen LogP contribution in [0.4, 0.5) is 0 Å². The second kappa shape index (κ2) is 10.2. The number of ether oxygens (including phenoxy) is 1. The number of benzene rings is 2. The van der Waals surface area contributed by atoms with E-state index in [2.05, 4.69) is 15.8 Å². The van der Waals surface area contributed by atoms with Gasteiger partial charge in [0.1, 0.15) is 11.4 Å². The van der Waals surface area contributed by atoms with E-state index in [1.54, 1.807) is 13.3 Å². The second-order valence-corrected chi connectivity index (χ2v) is 8.03. The minimum Gasteiger partial charge on any atom is -0.497 e. The summed E-state index contributed by atoms with van der Waals surface area (Å²) in [6.45, 7) is 0.